The third-order valence-corrected chi connectivity index (χ3v) is 3.36. The van der Waals surface area contributed by atoms with Crippen molar-refractivity contribution in [2.75, 3.05) is 12.8 Å². The first-order valence-electron chi connectivity index (χ1n) is 6.78. The fourth-order valence-electron chi connectivity index (χ4n) is 2.11. The first-order chi connectivity index (χ1) is 9.82. The molecule has 0 aliphatic rings. The van der Waals surface area contributed by atoms with E-state index in [0.717, 1.165) is 11.1 Å². The Morgan fingerprint density at radius 2 is 1.71 bits per heavy atom. The van der Waals surface area contributed by atoms with Gasteiger partial charge in [0.2, 0.25) is 0 Å². The molecule has 2 rings (SSSR count). The first-order valence-corrected chi connectivity index (χ1v) is 6.78. The summed E-state index contributed by atoms with van der Waals surface area (Å²) in [4.78, 5) is 15.9. The lowest BCUT2D eigenvalue weighted by molar-refractivity contribution is 0.0595. The molecule has 0 amide bonds. The van der Waals surface area contributed by atoms with Crippen LogP contribution in [0.25, 0.3) is 11.1 Å². The van der Waals surface area contributed by atoms with Gasteiger partial charge < -0.3 is 10.5 Å². The minimum atomic E-state index is -0.489. The van der Waals surface area contributed by atoms with Crippen molar-refractivity contribution in [3.05, 3.63) is 47.7 Å². The number of methoxy groups -OCH3 is 1. The van der Waals surface area contributed by atoms with Crippen molar-refractivity contribution in [2.24, 2.45) is 0 Å². The van der Waals surface area contributed by atoms with Gasteiger partial charge >= 0.3 is 5.97 Å². The number of hydrogen-bond acceptors (Lipinski definition) is 4. The van der Waals surface area contributed by atoms with Crippen molar-refractivity contribution < 1.29 is 9.53 Å². The summed E-state index contributed by atoms with van der Waals surface area (Å²) in [6.45, 7) is 6.48. The summed E-state index contributed by atoms with van der Waals surface area (Å²) in [5.41, 5.74) is 8.85. The Kier molecular flexibility index (Phi) is 3.98. The monoisotopic (exact) mass is 284 g/mol. The van der Waals surface area contributed by atoms with Gasteiger partial charge in [0.25, 0.3) is 0 Å². The molecular weight excluding hydrogens is 264 g/mol. The number of hydrogen-bond donors (Lipinski definition) is 1. The molecule has 4 heteroatoms. The van der Waals surface area contributed by atoms with Crippen LogP contribution in [-0.4, -0.2) is 18.1 Å². The molecule has 2 N–H and O–H groups in total. The summed E-state index contributed by atoms with van der Waals surface area (Å²) >= 11 is 0. The number of carbonyl (C=O) groups is 1. The van der Waals surface area contributed by atoms with Crippen LogP contribution in [0, 0.1) is 0 Å². The predicted molar refractivity (Wildman–Crippen MR) is 84.1 cm³/mol. The van der Waals surface area contributed by atoms with E-state index < -0.39 is 5.97 Å². The second-order valence-corrected chi connectivity index (χ2v) is 5.95. The van der Waals surface area contributed by atoms with E-state index in [1.165, 1.54) is 12.7 Å². The van der Waals surface area contributed by atoms with Gasteiger partial charge in [-0.25, -0.2) is 9.78 Å². The minimum Gasteiger partial charge on any atom is -0.464 e. The van der Waals surface area contributed by atoms with Crippen molar-refractivity contribution in [1.82, 2.24) is 4.98 Å². The Bertz CT molecular complexity index is 655. The molecule has 0 unspecified atom stereocenters. The molecule has 4 nitrogen and oxygen atoms in total. The Balaban J connectivity index is 2.49. The van der Waals surface area contributed by atoms with Crippen LogP contribution >= 0.6 is 0 Å². The topological polar surface area (TPSA) is 65.2 Å². The molecular formula is C17H20N2O2. The Hall–Kier alpha value is -2.36. The van der Waals surface area contributed by atoms with Crippen LogP contribution in [0.4, 0.5) is 5.82 Å². The number of nitrogens with zero attached hydrogens (tertiary/aromatic N) is 1. The molecule has 0 aliphatic heterocycles. The number of nitrogens with two attached hydrogens (primary N) is 1. The van der Waals surface area contributed by atoms with Crippen LogP contribution in [0.5, 0.6) is 0 Å². The van der Waals surface area contributed by atoms with Gasteiger partial charge in [0.1, 0.15) is 5.82 Å². The molecule has 0 bridgehead atoms. The lowest BCUT2D eigenvalue weighted by atomic mass is 9.86. The van der Waals surface area contributed by atoms with E-state index in [-0.39, 0.29) is 11.1 Å². The molecule has 1 aromatic heterocycles. The molecule has 0 saturated carbocycles. The fourth-order valence-corrected chi connectivity index (χ4v) is 2.11. The molecule has 1 heterocycles. The van der Waals surface area contributed by atoms with Gasteiger partial charge in [0, 0.05) is 5.56 Å². The van der Waals surface area contributed by atoms with Crippen molar-refractivity contribution in [1.29, 1.82) is 0 Å². The molecule has 0 fully saturated rings. The summed E-state index contributed by atoms with van der Waals surface area (Å²) < 4.78 is 4.77. The Labute approximate surface area is 125 Å². The maximum absolute atomic E-state index is 11.8. The molecule has 1 aromatic carbocycles. The number of ether oxygens (including phenoxy) is 1. The van der Waals surface area contributed by atoms with Crippen molar-refractivity contribution >= 4 is 11.8 Å². The van der Waals surface area contributed by atoms with E-state index in [1.54, 1.807) is 12.1 Å². The zero-order chi connectivity index (χ0) is 15.6. The summed E-state index contributed by atoms with van der Waals surface area (Å²) in [6, 6.07) is 11.6. The average molecular weight is 284 g/mol. The minimum absolute atomic E-state index is 0.0864. The summed E-state index contributed by atoms with van der Waals surface area (Å²) in [6.07, 6.45) is 0. The van der Waals surface area contributed by atoms with E-state index in [1.807, 2.05) is 12.1 Å². The molecule has 21 heavy (non-hydrogen) atoms. The highest BCUT2D eigenvalue weighted by Crippen LogP contribution is 2.28. The third-order valence-electron chi connectivity index (χ3n) is 3.36. The van der Waals surface area contributed by atoms with Crippen LogP contribution in [0.1, 0.15) is 36.8 Å². The highest BCUT2D eigenvalue weighted by molar-refractivity contribution is 5.95. The van der Waals surface area contributed by atoms with Crippen LogP contribution < -0.4 is 5.73 Å². The zero-order valence-electron chi connectivity index (χ0n) is 12.8. The Morgan fingerprint density at radius 3 is 2.24 bits per heavy atom. The number of esters is 1. The SMILES string of the molecule is COC(=O)c1nc(N)ccc1-c1ccc(C(C)(C)C)cc1. The second-order valence-electron chi connectivity index (χ2n) is 5.95. The summed E-state index contributed by atoms with van der Waals surface area (Å²) in [5.74, 6) is -0.192. The molecule has 110 valence electrons. The normalized spacial score (nSPS) is 11.2. The van der Waals surface area contributed by atoms with E-state index in [2.05, 4.69) is 37.9 Å². The second kappa shape index (κ2) is 5.56. The lowest BCUT2D eigenvalue weighted by Crippen LogP contribution is -2.11. The number of rotatable bonds is 2. The zero-order valence-corrected chi connectivity index (χ0v) is 12.8. The van der Waals surface area contributed by atoms with Crippen LogP contribution in [-0.2, 0) is 10.2 Å². The van der Waals surface area contributed by atoms with Crippen molar-refractivity contribution in [2.45, 2.75) is 26.2 Å². The van der Waals surface area contributed by atoms with Crippen molar-refractivity contribution in [3.63, 3.8) is 0 Å². The third kappa shape index (κ3) is 3.21. The number of benzene rings is 1. The Morgan fingerprint density at radius 1 is 1.10 bits per heavy atom. The fraction of sp³-hybridized carbons (Fsp3) is 0.294. The maximum Gasteiger partial charge on any atom is 0.357 e. The van der Waals surface area contributed by atoms with Crippen LogP contribution in [0.3, 0.4) is 0 Å². The summed E-state index contributed by atoms with van der Waals surface area (Å²) in [5, 5.41) is 0. The first kappa shape index (κ1) is 15.0. The number of carbonyl (C=O) groups excluding carboxylic acids is 1. The molecule has 2 aromatic rings. The van der Waals surface area contributed by atoms with Crippen molar-refractivity contribution in [3.8, 4) is 11.1 Å². The number of anilines is 1. The molecule has 0 atom stereocenters. The standard InChI is InChI=1S/C17H20N2O2/c1-17(2,3)12-7-5-11(6-8-12)13-9-10-14(18)19-15(13)16(20)21-4/h5-10H,1-4H3,(H2,18,19). The molecule has 0 aliphatic carbocycles. The molecule has 0 saturated heterocycles. The summed E-state index contributed by atoms with van der Waals surface area (Å²) in [7, 11) is 1.33. The van der Waals surface area contributed by atoms with Gasteiger partial charge in [-0.15, -0.1) is 0 Å². The van der Waals surface area contributed by atoms with E-state index >= 15 is 0 Å². The van der Waals surface area contributed by atoms with E-state index in [4.69, 9.17) is 10.5 Å². The smallest absolute Gasteiger partial charge is 0.357 e. The number of aromatic nitrogens is 1. The van der Waals surface area contributed by atoms with Gasteiger partial charge in [-0.1, -0.05) is 45.0 Å². The van der Waals surface area contributed by atoms with Gasteiger partial charge in [0.15, 0.2) is 5.69 Å². The van der Waals surface area contributed by atoms with Gasteiger partial charge in [-0.2, -0.15) is 0 Å². The molecule has 0 radical (unpaired) electrons. The van der Waals surface area contributed by atoms with E-state index in [0.29, 0.717) is 5.82 Å². The molecule has 0 spiro atoms. The maximum atomic E-state index is 11.8. The van der Waals surface area contributed by atoms with E-state index in [9.17, 15) is 4.79 Å². The lowest BCUT2D eigenvalue weighted by Gasteiger charge is -2.19. The van der Waals surface area contributed by atoms with Gasteiger partial charge in [0.05, 0.1) is 7.11 Å². The highest BCUT2D eigenvalue weighted by atomic mass is 16.5. The van der Waals surface area contributed by atoms with Gasteiger partial charge in [-0.05, 0) is 28.7 Å². The average Bonchev–Trinajstić information content (AvgIpc) is 2.45. The van der Waals surface area contributed by atoms with Gasteiger partial charge in [-0.3, -0.25) is 0 Å². The van der Waals surface area contributed by atoms with Crippen LogP contribution in [0.2, 0.25) is 0 Å². The number of nitrogen functional groups attached to an aromatic ring is 1. The van der Waals surface area contributed by atoms with Crippen LogP contribution in [0.15, 0.2) is 36.4 Å². The highest BCUT2D eigenvalue weighted by Gasteiger charge is 2.17. The number of pyridine rings is 1. The quantitative estimate of drug-likeness (QED) is 0.858. The predicted octanol–water partition coefficient (Wildman–Crippen LogP) is 3.41. The largest absolute Gasteiger partial charge is 0.464 e.